The third kappa shape index (κ3) is 4.20. The average molecular weight is 399 g/mol. The molecular formula is C20H19ClN4O3. The summed E-state index contributed by atoms with van der Waals surface area (Å²) < 4.78 is 6.16. The van der Waals surface area contributed by atoms with E-state index in [1.807, 2.05) is 6.92 Å². The van der Waals surface area contributed by atoms with Crippen molar-refractivity contribution in [3.05, 3.63) is 69.7 Å². The summed E-state index contributed by atoms with van der Waals surface area (Å²) in [6.07, 6.45) is 1.46. The fourth-order valence-electron chi connectivity index (χ4n) is 2.59. The lowest BCUT2D eigenvalue weighted by molar-refractivity contribution is -0.119. The third-order valence-electron chi connectivity index (χ3n) is 4.31. The molecule has 0 saturated heterocycles. The van der Waals surface area contributed by atoms with E-state index < -0.39 is 11.7 Å². The number of carbonyl (C=O) groups excluding carboxylic acids is 1. The van der Waals surface area contributed by atoms with Crippen molar-refractivity contribution in [3.8, 4) is 17.0 Å². The highest BCUT2D eigenvalue weighted by Crippen LogP contribution is 2.22. The number of hydrogen-bond acceptors (Lipinski definition) is 5. The first-order valence-corrected chi connectivity index (χ1v) is 8.94. The van der Waals surface area contributed by atoms with E-state index in [9.17, 15) is 9.59 Å². The maximum absolute atomic E-state index is 12.6. The Morgan fingerprint density at radius 2 is 1.93 bits per heavy atom. The average Bonchev–Trinajstić information content (AvgIpc) is 2.70. The zero-order valence-electron chi connectivity index (χ0n) is 15.6. The van der Waals surface area contributed by atoms with E-state index in [0.717, 1.165) is 15.8 Å². The molecule has 3 rings (SSSR count). The summed E-state index contributed by atoms with van der Waals surface area (Å²) in [4.78, 5) is 29.0. The lowest BCUT2D eigenvalue weighted by Crippen LogP contribution is -2.35. The molecule has 28 heavy (non-hydrogen) atoms. The molecule has 1 aromatic heterocycles. The molecule has 1 unspecified atom stereocenters. The van der Waals surface area contributed by atoms with Gasteiger partial charge in [-0.3, -0.25) is 4.79 Å². The molecule has 1 atom stereocenters. The van der Waals surface area contributed by atoms with E-state index in [1.54, 1.807) is 56.5 Å². The molecule has 3 aromatic rings. The Morgan fingerprint density at radius 3 is 2.57 bits per heavy atom. The van der Waals surface area contributed by atoms with Crippen LogP contribution in [-0.4, -0.2) is 27.8 Å². The number of hydrogen-bond donors (Lipinski definition) is 1. The Morgan fingerprint density at radius 1 is 1.21 bits per heavy atom. The molecule has 0 aliphatic heterocycles. The second-order valence-corrected chi connectivity index (χ2v) is 6.66. The normalized spacial score (nSPS) is 11.7. The standard InChI is InChI=1S/C20H19ClN4O3/c1-12-4-7-15(21)10-17(12)23-19(26)13(2)25-20(27)24-18(11-22-25)14-5-8-16(28-3)9-6-14/h4-11,13H,1-3H3,(H,23,26). The molecule has 0 saturated carbocycles. The largest absolute Gasteiger partial charge is 0.497 e. The predicted molar refractivity (Wildman–Crippen MR) is 108 cm³/mol. The predicted octanol–water partition coefficient (Wildman–Crippen LogP) is 3.48. The molecule has 1 N–H and O–H groups in total. The van der Waals surface area contributed by atoms with Crippen LogP contribution in [0.25, 0.3) is 11.3 Å². The molecule has 0 aliphatic rings. The van der Waals surface area contributed by atoms with Crippen LogP contribution in [0.15, 0.2) is 53.5 Å². The maximum Gasteiger partial charge on any atom is 0.365 e. The number of benzene rings is 2. The highest BCUT2D eigenvalue weighted by Gasteiger charge is 2.19. The minimum absolute atomic E-state index is 0.390. The van der Waals surface area contributed by atoms with Crippen LogP contribution in [-0.2, 0) is 4.79 Å². The van der Waals surface area contributed by atoms with E-state index >= 15 is 0 Å². The molecule has 1 heterocycles. The number of nitrogens with one attached hydrogen (secondary N) is 1. The van der Waals surface area contributed by atoms with Crippen molar-refractivity contribution in [1.82, 2.24) is 14.8 Å². The quantitative estimate of drug-likeness (QED) is 0.711. The number of ether oxygens (including phenoxy) is 1. The van der Waals surface area contributed by atoms with E-state index in [0.29, 0.717) is 22.2 Å². The molecule has 8 heteroatoms. The summed E-state index contributed by atoms with van der Waals surface area (Å²) in [5, 5.41) is 7.40. The molecule has 2 aromatic carbocycles. The van der Waals surface area contributed by atoms with Gasteiger partial charge in [-0.1, -0.05) is 17.7 Å². The maximum atomic E-state index is 12.6. The van der Waals surface area contributed by atoms with Crippen molar-refractivity contribution in [2.24, 2.45) is 0 Å². The van der Waals surface area contributed by atoms with Crippen molar-refractivity contribution in [3.63, 3.8) is 0 Å². The molecule has 0 spiro atoms. The fraction of sp³-hybridized carbons (Fsp3) is 0.200. The number of halogens is 1. The molecule has 144 valence electrons. The van der Waals surface area contributed by atoms with Crippen LogP contribution in [0.1, 0.15) is 18.5 Å². The summed E-state index contributed by atoms with van der Waals surface area (Å²) in [5.74, 6) is 0.311. The highest BCUT2D eigenvalue weighted by molar-refractivity contribution is 6.31. The summed E-state index contributed by atoms with van der Waals surface area (Å²) in [6, 6.07) is 11.5. The van der Waals surface area contributed by atoms with Crippen LogP contribution in [0, 0.1) is 6.92 Å². The number of nitrogens with zero attached hydrogens (tertiary/aromatic N) is 3. The van der Waals surface area contributed by atoms with Gasteiger partial charge in [0, 0.05) is 16.3 Å². The van der Waals surface area contributed by atoms with E-state index in [2.05, 4.69) is 15.4 Å². The Balaban J connectivity index is 1.81. The van der Waals surface area contributed by atoms with Gasteiger partial charge in [0.05, 0.1) is 19.0 Å². The van der Waals surface area contributed by atoms with Crippen molar-refractivity contribution < 1.29 is 9.53 Å². The Bertz CT molecular complexity index is 1060. The monoisotopic (exact) mass is 398 g/mol. The van der Waals surface area contributed by atoms with Gasteiger partial charge in [0.1, 0.15) is 11.8 Å². The number of amides is 1. The lowest BCUT2D eigenvalue weighted by Gasteiger charge is -2.15. The Hall–Kier alpha value is -3.19. The number of aryl methyl sites for hydroxylation is 1. The van der Waals surface area contributed by atoms with Crippen molar-refractivity contribution in [2.75, 3.05) is 12.4 Å². The highest BCUT2D eigenvalue weighted by atomic mass is 35.5. The van der Waals surface area contributed by atoms with E-state index in [-0.39, 0.29) is 5.91 Å². The van der Waals surface area contributed by atoms with E-state index in [4.69, 9.17) is 16.3 Å². The minimum Gasteiger partial charge on any atom is -0.497 e. The van der Waals surface area contributed by atoms with Crippen molar-refractivity contribution >= 4 is 23.2 Å². The van der Waals surface area contributed by atoms with Gasteiger partial charge in [0.15, 0.2) is 0 Å². The molecule has 7 nitrogen and oxygen atoms in total. The summed E-state index contributed by atoms with van der Waals surface area (Å²) in [6.45, 7) is 3.44. The zero-order valence-corrected chi connectivity index (χ0v) is 16.4. The Labute approximate surface area is 166 Å². The molecule has 0 aliphatic carbocycles. The van der Waals surface area contributed by atoms with Crippen LogP contribution >= 0.6 is 11.6 Å². The van der Waals surface area contributed by atoms with Gasteiger partial charge in [-0.15, -0.1) is 0 Å². The number of aromatic nitrogens is 3. The number of methoxy groups -OCH3 is 1. The molecule has 0 fully saturated rings. The van der Waals surface area contributed by atoms with Crippen LogP contribution in [0.2, 0.25) is 5.02 Å². The summed E-state index contributed by atoms with van der Waals surface area (Å²) in [7, 11) is 1.58. The van der Waals surface area contributed by atoms with Gasteiger partial charge in [-0.2, -0.15) is 10.1 Å². The van der Waals surface area contributed by atoms with E-state index in [1.165, 1.54) is 6.20 Å². The molecule has 0 bridgehead atoms. The first kappa shape index (κ1) is 19.6. The summed E-state index contributed by atoms with van der Waals surface area (Å²) >= 11 is 5.98. The number of rotatable bonds is 5. The van der Waals surface area contributed by atoms with Crippen LogP contribution in [0.5, 0.6) is 5.75 Å². The van der Waals surface area contributed by atoms with Crippen molar-refractivity contribution in [1.29, 1.82) is 0 Å². The van der Waals surface area contributed by atoms with Crippen LogP contribution < -0.4 is 15.7 Å². The fourth-order valence-corrected chi connectivity index (χ4v) is 2.77. The topological polar surface area (TPSA) is 86.1 Å². The molecular weight excluding hydrogens is 380 g/mol. The van der Waals surface area contributed by atoms with Gasteiger partial charge in [0.2, 0.25) is 5.91 Å². The van der Waals surface area contributed by atoms with Crippen molar-refractivity contribution in [2.45, 2.75) is 19.9 Å². The first-order valence-electron chi connectivity index (χ1n) is 8.56. The SMILES string of the molecule is COc1ccc(-c2cnn(C(C)C(=O)Nc3cc(Cl)ccc3C)c(=O)n2)cc1. The van der Waals surface area contributed by atoms with Crippen LogP contribution in [0.4, 0.5) is 5.69 Å². The summed E-state index contributed by atoms with van der Waals surface area (Å²) in [5.41, 5.74) is 1.98. The minimum atomic E-state index is -0.844. The number of carbonyl (C=O) groups is 1. The lowest BCUT2D eigenvalue weighted by atomic mass is 10.1. The molecule has 1 amide bonds. The van der Waals surface area contributed by atoms with Gasteiger partial charge in [-0.05, 0) is 55.8 Å². The second kappa shape index (κ2) is 8.22. The first-order chi connectivity index (χ1) is 13.4. The zero-order chi connectivity index (χ0) is 20.3. The second-order valence-electron chi connectivity index (χ2n) is 6.22. The van der Waals surface area contributed by atoms with Gasteiger partial charge < -0.3 is 10.1 Å². The van der Waals surface area contributed by atoms with Gasteiger partial charge in [-0.25, -0.2) is 9.48 Å². The van der Waals surface area contributed by atoms with Gasteiger partial charge in [0.25, 0.3) is 0 Å². The van der Waals surface area contributed by atoms with Gasteiger partial charge >= 0.3 is 5.69 Å². The van der Waals surface area contributed by atoms with Crippen LogP contribution in [0.3, 0.4) is 0 Å². The molecule has 0 radical (unpaired) electrons. The number of anilines is 1. The Kier molecular flexibility index (Phi) is 5.75. The third-order valence-corrected chi connectivity index (χ3v) is 4.54. The smallest absolute Gasteiger partial charge is 0.365 e.